The van der Waals surface area contributed by atoms with E-state index in [4.69, 9.17) is 4.74 Å². The molecule has 0 aliphatic carbocycles. The first-order valence-corrected chi connectivity index (χ1v) is 8.87. The van der Waals surface area contributed by atoms with E-state index in [9.17, 15) is 9.90 Å². The zero-order chi connectivity index (χ0) is 17.6. The molecule has 2 aromatic carbocycles. The van der Waals surface area contributed by atoms with Gasteiger partial charge in [0, 0.05) is 19.0 Å². The van der Waals surface area contributed by atoms with Crippen molar-refractivity contribution in [3.8, 4) is 11.5 Å². The monoisotopic (exact) mass is 339 g/mol. The van der Waals surface area contributed by atoms with E-state index in [0.717, 1.165) is 42.7 Å². The molecule has 1 saturated heterocycles. The molecule has 25 heavy (non-hydrogen) atoms. The molecule has 0 unspecified atom stereocenters. The van der Waals surface area contributed by atoms with Crippen LogP contribution < -0.4 is 4.74 Å². The van der Waals surface area contributed by atoms with Crippen molar-refractivity contribution in [3.63, 3.8) is 0 Å². The second-order valence-corrected chi connectivity index (χ2v) is 6.53. The summed E-state index contributed by atoms with van der Waals surface area (Å²) < 4.78 is 5.44. The van der Waals surface area contributed by atoms with Gasteiger partial charge in [-0.15, -0.1) is 0 Å². The van der Waals surface area contributed by atoms with Crippen LogP contribution in [0.3, 0.4) is 0 Å². The van der Waals surface area contributed by atoms with Crippen LogP contribution in [0, 0.1) is 0 Å². The number of likely N-dealkylation sites (tertiary alicyclic amines) is 1. The second kappa shape index (κ2) is 8.06. The third kappa shape index (κ3) is 4.13. The Morgan fingerprint density at radius 2 is 1.88 bits per heavy atom. The number of phenols is 1. The van der Waals surface area contributed by atoms with Gasteiger partial charge >= 0.3 is 0 Å². The van der Waals surface area contributed by atoms with E-state index in [1.807, 2.05) is 35.2 Å². The van der Waals surface area contributed by atoms with Crippen LogP contribution in [0.5, 0.6) is 11.5 Å². The maximum absolute atomic E-state index is 12.7. The van der Waals surface area contributed by atoms with E-state index in [0.29, 0.717) is 12.8 Å². The van der Waals surface area contributed by atoms with E-state index in [-0.39, 0.29) is 17.7 Å². The zero-order valence-corrected chi connectivity index (χ0v) is 14.6. The van der Waals surface area contributed by atoms with Crippen LogP contribution in [0.1, 0.15) is 30.4 Å². The molecule has 0 radical (unpaired) electrons. The lowest BCUT2D eigenvalue weighted by Gasteiger charge is -2.25. The number of hydrogen-bond acceptors (Lipinski definition) is 3. The second-order valence-electron chi connectivity index (χ2n) is 6.53. The predicted octanol–water partition coefficient (Wildman–Crippen LogP) is 3.57. The average molecular weight is 339 g/mol. The first-order chi connectivity index (χ1) is 12.2. The van der Waals surface area contributed by atoms with Crippen LogP contribution in [0.15, 0.2) is 48.5 Å². The summed E-state index contributed by atoms with van der Waals surface area (Å²) in [4.78, 5) is 14.7. The van der Waals surface area contributed by atoms with Crippen molar-refractivity contribution in [2.24, 2.45) is 0 Å². The Bertz CT molecular complexity index is 729. The summed E-state index contributed by atoms with van der Waals surface area (Å²) in [5, 5.41) is 9.85. The van der Waals surface area contributed by atoms with Gasteiger partial charge in [-0.2, -0.15) is 0 Å². The lowest BCUT2D eigenvalue weighted by Crippen LogP contribution is -2.37. The molecule has 4 heteroatoms. The molecule has 1 atom stereocenters. The molecule has 132 valence electrons. The van der Waals surface area contributed by atoms with Gasteiger partial charge in [0.25, 0.3) is 0 Å². The smallest absolute Gasteiger partial charge is 0.223 e. The molecule has 2 aromatic rings. The first kappa shape index (κ1) is 17.3. The minimum absolute atomic E-state index is 0.167. The molecule has 1 fully saturated rings. The standard InChI is InChI=1S/C21H25NO3/c1-25-20-11-5-3-8-17(20)15-18-9-6-14-22(18)21(24)13-12-16-7-2-4-10-19(16)23/h2-5,7-8,10-11,18,23H,6,9,12-15H2,1H3/t18-/m0/s1. The van der Waals surface area contributed by atoms with Gasteiger partial charge in [0.05, 0.1) is 7.11 Å². The molecule has 1 heterocycles. The minimum atomic E-state index is 0.167. The van der Waals surface area contributed by atoms with Gasteiger partial charge in [0.1, 0.15) is 11.5 Å². The Labute approximate surface area is 149 Å². The molecule has 0 saturated carbocycles. The van der Waals surface area contributed by atoms with Crippen LogP contribution in [0.2, 0.25) is 0 Å². The molecular formula is C21H25NO3. The number of para-hydroxylation sites is 2. The number of carbonyl (C=O) groups is 1. The predicted molar refractivity (Wildman–Crippen MR) is 97.9 cm³/mol. The fourth-order valence-electron chi connectivity index (χ4n) is 3.61. The summed E-state index contributed by atoms with van der Waals surface area (Å²) in [7, 11) is 1.68. The minimum Gasteiger partial charge on any atom is -0.508 e. The first-order valence-electron chi connectivity index (χ1n) is 8.87. The van der Waals surface area contributed by atoms with Gasteiger partial charge in [0.15, 0.2) is 0 Å². The maximum atomic E-state index is 12.7. The number of nitrogens with zero attached hydrogens (tertiary/aromatic N) is 1. The zero-order valence-electron chi connectivity index (χ0n) is 14.6. The van der Waals surface area contributed by atoms with E-state index in [1.165, 1.54) is 0 Å². The van der Waals surface area contributed by atoms with E-state index in [2.05, 4.69) is 6.07 Å². The van der Waals surface area contributed by atoms with Gasteiger partial charge < -0.3 is 14.7 Å². The fraction of sp³-hybridized carbons (Fsp3) is 0.381. The van der Waals surface area contributed by atoms with Gasteiger partial charge in [0.2, 0.25) is 5.91 Å². The molecular weight excluding hydrogens is 314 g/mol. The van der Waals surface area contributed by atoms with Crippen molar-refractivity contribution in [1.82, 2.24) is 4.90 Å². The Kier molecular flexibility index (Phi) is 5.59. The number of carbonyl (C=O) groups excluding carboxylic acids is 1. The highest BCUT2D eigenvalue weighted by atomic mass is 16.5. The number of rotatable bonds is 6. The van der Waals surface area contributed by atoms with Crippen molar-refractivity contribution >= 4 is 5.91 Å². The Morgan fingerprint density at radius 1 is 1.16 bits per heavy atom. The van der Waals surface area contributed by atoms with E-state index >= 15 is 0 Å². The topological polar surface area (TPSA) is 49.8 Å². The summed E-state index contributed by atoms with van der Waals surface area (Å²) >= 11 is 0. The van der Waals surface area contributed by atoms with Crippen LogP contribution in [-0.2, 0) is 17.6 Å². The van der Waals surface area contributed by atoms with Gasteiger partial charge in [-0.05, 0) is 48.9 Å². The number of methoxy groups -OCH3 is 1. The van der Waals surface area contributed by atoms with Gasteiger partial charge in [-0.1, -0.05) is 36.4 Å². The number of hydrogen-bond donors (Lipinski definition) is 1. The highest BCUT2D eigenvalue weighted by Gasteiger charge is 2.29. The highest BCUT2D eigenvalue weighted by Crippen LogP contribution is 2.27. The molecule has 4 nitrogen and oxygen atoms in total. The molecule has 0 aromatic heterocycles. The number of phenolic OH excluding ortho intramolecular Hbond substituents is 1. The summed E-state index contributed by atoms with van der Waals surface area (Å²) in [5.74, 6) is 1.32. The van der Waals surface area contributed by atoms with Crippen molar-refractivity contribution in [1.29, 1.82) is 0 Å². The number of aromatic hydroxyl groups is 1. The average Bonchev–Trinajstić information content (AvgIpc) is 3.09. The van der Waals surface area contributed by atoms with E-state index in [1.54, 1.807) is 19.2 Å². The Morgan fingerprint density at radius 3 is 2.64 bits per heavy atom. The molecule has 1 aliphatic rings. The molecule has 0 bridgehead atoms. The summed E-state index contributed by atoms with van der Waals surface area (Å²) in [6, 6.07) is 15.5. The molecule has 1 amide bonds. The third-order valence-electron chi connectivity index (χ3n) is 4.95. The lowest BCUT2D eigenvalue weighted by atomic mass is 10.0. The number of ether oxygens (including phenoxy) is 1. The van der Waals surface area contributed by atoms with Crippen LogP contribution >= 0.6 is 0 Å². The lowest BCUT2D eigenvalue weighted by molar-refractivity contribution is -0.131. The largest absolute Gasteiger partial charge is 0.508 e. The van der Waals surface area contributed by atoms with Crippen LogP contribution in [0.25, 0.3) is 0 Å². The molecule has 0 spiro atoms. The van der Waals surface area contributed by atoms with Crippen LogP contribution in [-0.4, -0.2) is 35.6 Å². The summed E-state index contributed by atoms with van der Waals surface area (Å²) in [6.07, 6.45) is 3.90. The fourth-order valence-corrected chi connectivity index (χ4v) is 3.61. The summed E-state index contributed by atoms with van der Waals surface area (Å²) in [5.41, 5.74) is 1.98. The quantitative estimate of drug-likeness (QED) is 0.875. The maximum Gasteiger partial charge on any atom is 0.223 e. The third-order valence-corrected chi connectivity index (χ3v) is 4.95. The Balaban J connectivity index is 1.63. The van der Waals surface area contributed by atoms with Crippen molar-refractivity contribution in [3.05, 3.63) is 59.7 Å². The highest BCUT2D eigenvalue weighted by molar-refractivity contribution is 5.77. The number of amides is 1. The molecule has 1 aliphatic heterocycles. The number of benzene rings is 2. The van der Waals surface area contributed by atoms with Crippen molar-refractivity contribution in [2.75, 3.05) is 13.7 Å². The van der Waals surface area contributed by atoms with Crippen molar-refractivity contribution < 1.29 is 14.6 Å². The van der Waals surface area contributed by atoms with Gasteiger partial charge in [-0.25, -0.2) is 0 Å². The van der Waals surface area contributed by atoms with E-state index < -0.39 is 0 Å². The van der Waals surface area contributed by atoms with Crippen LogP contribution in [0.4, 0.5) is 0 Å². The van der Waals surface area contributed by atoms with Crippen molar-refractivity contribution in [2.45, 2.75) is 38.1 Å². The SMILES string of the molecule is COc1ccccc1C[C@@H]1CCCN1C(=O)CCc1ccccc1O. The Hall–Kier alpha value is -2.49. The molecule has 1 N–H and O–H groups in total. The normalized spacial score (nSPS) is 16.8. The molecule has 3 rings (SSSR count). The summed E-state index contributed by atoms with van der Waals surface area (Å²) in [6.45, 7) is 0.819. The number of aryl methyl sites for hydroxylation is 1. The van der Waals surface area contributed by atoms with Gasteiger partial charge in [-0.3, -0.25) is 4.79 Å².